The van der Waals surface area contributed by atoms with E-state index in [-0.39, 0.29) is 16.7 Å². The first-order valence-corrected chi connectivity index (χ1v) is 25.4. The normalized spacial score (nSPS) is 12.5. The topological polar surface area (TPSA) is 124 Å². The molecular formula is C48H87O10P. The standard InChI is InChI=1S/C48H87O10P/c1-7-10-13-16-19-22-25-28-31-34-37-40-43(4)46(49)53-56-59(52,57-54-47(50)44(5)41-38-35-32-29-26-23-20-17-14-11-8-2)58-55-48(51)45(6)42-39-36-33-30-27-24-21-18-15-12-9-3/h40-42H,7-39H2,1-6H3/b43-40+,44-41+,45-42+. The van der Waals surface area contributed by atoms with Gasteiger partial charge in [0.05, 0.1) is 0 Å². The van der Waals surface area contributed by atoms with E-state index in [2.05, 4.69) is 20.8 Å². The third-order valence-electron chi connectivity index (χ3n) is 10.6. The van der Waals surface area contributed by atoms with Crippen molar-refractivity contribution >= 4 is 25.7 Å². The van der Waals surface area contributed by atoms with Crippen molar-refractivity contribution in [1.82, 2.24) is 0 Å². The first-order chi connectivity index (χ1) is 28.6. The van der Waals surface area contributed by atoms with Gasteiger partial charge in [0.2, 0.25) is 0 Å². The summed E-state index contributed by atoms with van der Waals surface area (Å²) in [6.45, 7) is 11.3. The Kier molecular flexibility index (Phi) is 39.5. The molecule has 59 heavy (non-hydrogen) atoms. The summed E-state index contributed by atoms with van der Waals surface area (Å²) in [6.07, 6.45) is 43.3. The minimum atomic E-state index is -5.08. The largest absolute Gasteiger partial charge is 0.584 e. The molecule has 0 amide bonds. The Balaban J connectivity index is 5.01. The third kappa shape index (κ3) is 36.1. The van der Waals surface area contributed by atoms with Crippen LogP contribution in [0.3, 0.4) is 0 Å². The summed E-state index contributed by atoms with van der Waals surface area (Å²) in [7, 11) is -5.08. The van der Waals surface area contributed by atoms with Gasteiger partial charge in [0.25, 0.3) is 0 Å². The van der Waals surface area contributed by atoms with Crippen LogP contribution >= 0.6 is 7.82 Å². The fourth-order valence-corrected chi connectivity index (χ4v) is 7.13. The lowest BCUT2D eigenvalue weighted by molar-refractivity contribution is -0.293. The molecule has 0 saturated heterocycles. The molecule has 0 N–H and O–H groups in total. The van der Waals surface area contributed by atoms with Crippen molar-refractivity contribution in [3.05, 3.63) is 34.9 Å². The van der Waals surface area contributed by atoms with Crippen LogP contribution in [0, 0.1) is 0 Å². The fraction of sp³-hybridized carbons (Fsp3) is 0.812. The smallest absolute Gasteiger partial charge is 0.282 e. The molecule has 0 rings (SSSR count). The van der Waals surface area contributed by atoms with Crippen LogP contribution in [0.5, 0.6) is 0 Å². The summed E-state index contributed by atoms with van der Waals surface area (Å²) < 4.78 is 27.7. The molecule has 0 aromatic carbocycles. The Bertz CT molecular complexity index is 1050. The van der Waals surface area contributed by atoms with E-state index >= 15 is 0 Å². The lowest BCUT2D eigenvalue weighted by Crippen LogP contribution is -2.13. The Morgan fingerprint density at radius 3 is 0.729 bits per heavy atom. The zero-order chi connectivity index (χ0) is 43.7. The molecule has 0 bridgehead atoms. The number of carbonyl (C=O) groups excluding carboxylic acids is 3. The highest BCUT2D eigenvalue weighted by atomic mass is 31.2. The second-order valence-corrected chi connectivity index (χ2v) is 17.7. The predicted octanol–water partition coefficient (Wildman–Crippen LogP) is 16.3. The molecule has 0 heterocycles. The van der Waals surface area contributed by atoms with Crippen molar-refractivity contribution in [2.75, 3.05) is 0 Å². The minimum absolute atomic E-state index is 0.220. The van der Waals surface area contributed by atoms with Crippen molar-refractivity contribution in [2.24, 2.45) is 0 Å². The van der Waals surface area contributed by atoms with Gasteiger partial charge in [0, 0.05) is 16.7 Å². The van der Waals surface area contributed by atoms with Gasteiger partial charge in [-0.05, 0) is 59.3 Å². The Morgan fingerprint density at radius 2 is 0.525 bits per heavy atom. The predicted molar refractivity (Wildman–Crippen MR) is 240 cm³/mol. The van der Waals surface area contributed by atoms with Crippen LogP contribution in [-0.4, -0.2) is 17.9 Å². The van der Waals surface area contributed by atoms with Crippen LogP contribution in [0.25, 0.3) is 0 Å². The lowest BCUT2D eigenvalue weighted by atomic mass is 10.1. The van der Waals surface area contributed by atoms with E-state index < -0.39 is 25.7 Å². The SMILES string of the molecule is CCCCCCCCCCCC/C=C(\C)C(=O)OOP(=O)(OOC(=O)/C(C)=C/CCCCCCCCCCCC)OOC(=O)/C(C)=C/CCCCCCCCCCCC. The second-order valence-electron chi connectivity index (χ2n) is 16.4. The molecule has 11 heteroatoms. The lowest BCUT2D eigenvalue weighted by Gasteiger charge is -2.13. The van der Waals surface area contributed by atoms with Crippen LogP contribution in [-0.2, 0) is 47.6 Å². The maximum absolute atomic E-state index is 13.4. The zero-order valence-corrected chi connectivity index (χ0v) is 39.5. The van der Waals surface area contributed by atoms with E-state index in [1.54, 1.807) is 39.0 Å². The summed E-state index contributed by atoms with van der Waals surface area (Å²) in [5, 5.41) is 0. The number of hydrogen-bond acceptors (Lipinski definition) is 10. The van der Waals surface area contributed by atoms with Gasteiger partial charge in [-0.1, -0.05) is 226 Å². The van der Waals surface area contributed by atoms with E-state index in [9.17, 15) is 18.9 Å². The van der Waals surface area contributed by atoms with Crippen LogP contribution in [0.15, 0.2) is 34.9 Å². The Morgan fingerprint density at radius 1 is 0.339 bits per heavy atom. The number of rotatable bonds is 42. The molecule has 0 unspecified atom stereocenters. The molecule has 0 atom stereocenters. The number of phosphoric acid groups is 1. The highest BCUT2D eigenvalue weighted by molar-refractivity contribution is 7.48. The summed E-state index contributed by atoms with van der Waals surface area (Å²) in [5.41, 5.74) is 0.661. The first kappa shape index (κ1) is 56.7. The van der Waals surface area contributed by atoms with Crippen LogP contribution in [0.4, 0.5) is 0 Å². The number of allylic oxidation sites excluding steroid dienone is 3. The molecular weight excluding hydrogens is 767 g/mol. The van der Waals surface area contributed by atoms with Gasteiger partial charge in [0.1, 0.15) is 0 Å². The summed E-state index contributed by atoms with van der Waals surface area (Å²) in [4.78, 5) is 52.3. The second kappa shape index (κ2) is 41.1. The highest BCUT2D eigenvalue weighted by Gasteiger charge is 2.38. The molecule has 344 valence electrons. The monoisotopic (exact) mass is 855 g/mol. The van der Waals surface area contributed by atoms with Crippen LogP contribution in [0.1, 0.15) is 253 Å². The van der Waals surface area contributed by atoms with Gasteiger partial charge in [-0.2, -0.15) is 0 Å². The molecule has 0 radical (unpaired) electrons. The molecule has 0 aliphatic carbocycles. The van der Waals surface area contributed by atoms with Gasteiger partial charge in [-0.25, -0.2) is 18.9 Å². The molecule has 0 fully saturated rings. The van der Waals surface area contributed by atoms with E-state index in [1.807, 2.05) is 0 Å². The van der Waals surface area contributed by atoms with Crippen molar-refractivity contribution < 1.29 is 47.6 Å². The molecule has 10 nitrogen and oxygen atoms in total. The van der Waals surface area contributed by atoms with Gasteiger partial charge in [0.15, 0.2) is 0 Å². The summed E-state index contributed by atoms with van der Waals surface area (Å²) in [5.74, 6) is -2.83. The van der Waals surface area contributed by atoms with Gasteiger partial charge >= 0.3 is 25.7 Å². The summed E-state index contributed by atoms with van der Waals surface area (Å²) in [6, 6.07) is 0. The van der Waals surface area contributed by atoms with Crippen molar-refractivity contribution in [3.63, 3.8) is 0 Å². The van der Waals surface area contributed by atoms with Crippen LogP contribution < -0.4 is 0 Å². The average Bonchev–Trinajstić information content (AvgIpc) is 3.23. The van der Waals surface area contributed by atoms with Crippen LogP contribution in [0.2, 0.25) is 0 Å². The maximum atomic E-state index is 13.4. The number of hydrogen-bond donors (Lipinski definition) is 0. The molecule has 0 aromatic heterocycles. The molecule has 0 aliphatic rings. The number of carbonyl (C=O) groups is 3. The van der Waals surface area contributed by atoms with Gasteiger partial charge in [-0.3, -0.25) is 14.7 Å². The Hall–Kier alpha value is -2.26. The molecule has 0 saturated carbocycles. The highest BCUT2D eigenvalue weighted by Crippen LogP contribution is 2.50. The van der Waals surface area contributed by atoms with E-state index in [4.69, 9.17) is 28.7 Å². The van der Waals surface area contributed by atoms with Crippen molar-refractivity contribution in [2.45, 2.75) is 253 Å². The molecule has 0 aromatic rings. The van der Waals surface area contributed by atoms with E-state index in [0.717, 1.165) is 57.8 Å². The average molecular weight is 855 g/mol. The molecule has 0 aliphatic heterocycles. The summed E-state index contributed by atoms with van der Waals surface area (Å²) >= 11 is 0. The minimum Gasteiger partial charge on any atom is -0.282 e. The van der Waals surface area contributed by atoms with Crippen molar-refractivity contribution in [3.8, 4) is 0 Å². The van der Waals surface area contributed by atoms with Gasteiger partial charge in [-0.15, -0.1) is 0 Å². The van der Waals surface area contributed by atoms with Gasteiger partial charge < -0.3 is 0 Å². The zero-order valence-electron chi connectivity index (χ0n) is 38.6. The fourth-order valence-electron chi connectivity index (χ4n) is 6.57. The van der Waals surface area contributed by atoms with E-state index in [0.29, 0.717) is 19.3 Å². The third-order valence-corrected chi connectivity index (χ3v) is 11.4. The Labute approximate surface area is 360 Å². The first-order valence-electron chi connectivity index (χ1n) is 23.9. The van der Waals surface area contributed by atoms with Crippen molar-refractivity contribution in [1.29, 1.82) is 0 Å². The molecule has 0 spiro atoms. The van der Waals surface area contributed by atoms with E-state index in [1.165, 1.54) is 135 Å². The number of unbranched alkanes of at least 4 members (excludes halogenated alkanes) is 30. The quantitative estimate of drug-likeness (QED) is 0.0193. The maximum Gasteiger partial charge on any atom is 0.584 e.